The van der Waals surface area contributed by atoms with Gasteiger partial charge in [-0.2, -0.15) is 24.9 Å². The lowest BCUT2D eigenvalue weighted by Crippen LogP contribution is -2.17. The first-order valence-corrected chi connectivity index (χ1v) is 4.47. The van der Waals surface area contributed by atoms with Gasteiger partial charge in [-0.15, -0.1) is 12.4 Å². The number of hydrogen-bond acceptors (Lipinski definition) is 2. The molecule has 0 bridgehead atoms. The fourth-order valence-corrected chi connectivity index (χ4v) is 1.37. The lowest BCUT2D eigenvalue weighted by molar-refractivity contribution is -0.105. The minimum absolute atomic E-state index is 0. The van der Waals surface area contributed by atoms with E-state index in [1.54, 1.807) is 6.92 Å². The predicted molar refractivity (Wildman–Crippen MR) is 48.9 cm³/mol. The smallest absolute Gasteiger partial charge is 0.328 e. The summed E-state index contributed by atoms with van der Waals surface area (Å²) in [6.07, 6.45) is -3.40. The molecule has 0 amide bonds. The summed E-state index contributed by atoms with van der Waals surface area (Å²) in [6.45, 7) is 1.79. The lowest BCUT2D eigenvalue weighted by atomic mass is 10.3. The SMILES string of the molecule is CC(N)CCSCC(F)(F)F.Cl. The van der Waals surface area contributed by atoms with E-state index in [4.69, 9.17) is 5.73 Å². The lowest BCUT2D eigenvalue weighted by Gasteiger charge is -2.06. The van der Waals surface area contributed by atoms with Crippen molar-refractivity contribution in [1.82, 2.24) is 0 Å². The minimum atomic E-state index is -4.04. The van der Waals surface area contributed by atoms with Gasteiger partial charge in [-0.05, 0) is 19.1 Å². The molecule has 0 aliphatic heterocycles. The molecule has 6 heteroatoms. The first-order chi connectivity index (χ1) is 4.92. The topological polar surface area (TPSA) is 26.0 Å². The van der Waals surface area contributed by atoms with Crippen molar-refractivity contribution in [2.75, 3.05) is 11.5 Å². The van der Waals surface area contributed by atoms with Crippen LogP contribution < -0.4 is 5.73 Å². The average Bonchev–Trinajstić information content (AvgIpc) is 1.78. The quantitative estimate of drug-likeness (QED) is 0.741. The van der Waals surface area contributed by atoms with Gasteiger partial charge in [0.25, 0.3) is 0 Å². The summed E-state index contributed by atoms with van der Waals surface area (Å²) in [5, 5.41) is 0. The zero-order valence-electron chi connectivity index (χ0n) is 6.73. The van der Waals surface area contributed by atoms with Crippen molar-refractivity contribution < 1.29 is 13.2 Å². The third-order valence-electron chi connectivity index (χ3n) is 0.983. The minimum Gasteiger partial charge on any atom is -0.328 e. The highest BCUT2D eigenvalue weighted by molar-refractivity contribution is 7.99. The van der Waals surface area contributed by atoms with Crippen molar-refractivity contribution in [3.8, 4) is 0 Å². The van der Waals surface area contributed by atoms with Crippen LogP contribution >= 0.6 is 24.2 Å². The normalized spacial score (nSPS) is 13.8. The Balaban J connectivity index is 0. The van der Waals surface area contributed by atoms with E-state index in [1.807, 2.05) is 0 Å². The molecular weight excluding hydrogens is 211 g/mol. The van der Waals surface area contributed by atoms with Crippen LogP contribution in [0.5, 0.6) is 0 Å². The van der Waals surface area contributed by atoms with Gasteiger partial charge in [-0.25, -0.2) is 0 Å². The monoisotopic (exact) mass is 223 g/mol. The Morgan fingerprint density at radius 1 is 1.42 bits per heavy atom. The summed E-state index contributed by atoms with van der Waals surface area (Å²) in [5.74, 6) is -0.281. The summed E-state index contributed by atoms with van der Waals surface area (Å²) in [4.78, 5) is 0. The van der Waals surface area contributed by atoms with Crippen molar-refractivity contribution in [3.05, 3.63) is 0 Å². The maximum absolute atomic E-state index is 11.5. The number of hydrogen-bond donors (Lipinski definition) is 1. The van der Waals surface area contributed by atoms with Crippen LogP contribution in [0.3, 0.4) is 0 Å². The Kier molecular flexibility index (Phi) is 8.51. The third kappa shape index (κ3) is 13.0. The van der Waals surface area contributed by atoms with E-state index >= 15 is 0 Å². The van der Waals surface area contributed by atoms with Gasteiger partial charge in [0.15, 0.2) is 0 Å². The van der Waals surface area contributed by atoms with E-state index in [1.165, 1.54) is 0 Å². The summed E-state index contributed by atoms with van der Waals surface area (Å²) < 4.78 is 34.6. The fraction of sp³-hybridized carbons (Fsp3) is 1.00. The second-order valence-corrected chi connectivity index (χ2v) is 3.54. The Morgan fingerprint density at radius 2 is 1.92 bits per heavy atom. The van der Waals surface area contributed by atoms with Gasteiger partial charge in [-0.3, -0.25) is 0 Å². The Hall–Kier alpha value is 0.390. The fourth-order valence-electron chi connectivity index (χ4n) is 0.457. The van der Waals surface area contributed by atoms with Gasteiger partial charge in [0.2, 0.25) is 0 Å². The Labute approximate surface area is 80.7 Å². The van der Waals surface area contributed by atoms with Gasteiger partial charge in [-0.1, -0.05) is 0 Å². The van der Waals surface area contributed by atoms with Gasteiger partial charge < -0.3 is 5.73 Å². The number of halogens is 4. The summed E-state index contributed by atoms with van der Waals surface area (Å²) in [7, 11) is 0. The second-order valence-electron chi connectivity index (χ2n) is 2.43. The maximum Gasteiger partial charge on any atom is 0.397 e. The van der Waals surface area contributed by atoms with Crippen molar-refractivity contribution in [2.45, 2.75) is 25.6 Å². The highest BCUT2D eigenvalue weighted by atomic mass is 35.5. The van der Waals surface area contributed by atoms with Gasteiger partial charge in [0, 0.05) is 6.04 Å². The van der Waals surface area contributed by atoms with Crippen LogP contribution in [-0.2, 0) is 0 Å². The molecule has 0 aliphatic carbocycles. The highest BCUT2D eigenvalue weighted by Gasteiger charge is 2.26. The number of rotatable bonds is 4. The summed E-state index contributed by atoms with van der Waals surface area (Å²) in [6, 6.07) is -0.00395. The molecule has 0 saturated heterocycles. The van der Waals surface area contributed by atoms with E-state index in [0.717, 1.165) is 11.8 Å². The summed E-state index contributed by atoms with van der Waals surface area (Å²) >= 11 is 0.884. The van der Waals surface area contributed by atoms with Crippen LogP contribution in [0.2, 0.25) is 0 Å². The maximum atomic E-state index is 11.5. The molecule has 1 nitrogen and oxygen atoms in total. The van der Waals surface area contributed by atoms with Crippen LogP contribution in [-0.4, -0.2) is 23.7 Å². The number of nitrogens with two attached hydrogens (primary N) is 1. The zero-order chi connectivity index (χ0) is 8.91. The largest absolute Gasteiger partial charge is 0.397 e. The molecule has 76 valence electrons. The van der Waals surface area contributed by atoms with Crippen LogP contribution in [0.25, 0.3) is 0 Å². The molecule has 0 rings (SSSR count). The number of thioether (sulfide) groups is 1. The molecule has 0 aromatic rings. The molecule has 0 radical (unpaired) electrons. The van der Waals surface area contributed by atoms with Crippen molar-refractivity contribution in [2.24, 2.45) is 5.73 Å². The first-order valence-electron chi connectivity index (χ1n) is 3.32. The second kappa shape index (κ2) is 6.86. The first kappa shape index (κ1) is 14.9. The molecule has 0 aliphatic rings. The molecule has 0 spiro atoms. The van der Waals surface area contributed by atoms with E-state index in [2.05, 4.69) is 0 Å². The Bertz CT molecular complexity index is 107. The van der Waals surface area contributed by atoms with Gasteiger partial charge in [0.05, 0.1) is 5.75 Å². The zero-order valence-corrected chi connectivity index (χ0v) is 8.36. The molecule has 1 unspecified atom stereocenters. The van der Waals surface area contributed by atoms with E-state index in [-0.39, 0.29) is 18.4 Å². The molecule has 0 heterocycles. The standard InChI is InChI=1S/C6H12F3NS.ClH/c1-5(10)2-3-11-4-6(7,8)9;/h5H,2-4,10H2,1H3;1H. The number of alkyl halides is 3. The Morgan fingerprint density at radius 3 is 2.25 bits per heavy atom. The van der Waals surface area contributed by atoms with Crippen LogP contribution in [0.4, 0.5) is 13.2 Å². The molecule has 0 fully saturated rings. The van der Waals surface area contributed by atoms with Crippen LogP contribution in [0, 0.1) is 0 Å². The van der Waals surface area contributed by atoms with Gasteiger partial charge >= 0.3 is 6.18 Å². The third-order valence-corrected chi connectivity index (χ3v) is 2.04. The summed E-state index contributed by atoms with van der Waals surface area (Å²) in [5.41, 5.74) is 5.35. The molecule has 0 saturated carbocycles. The van der Waals surface area contributed by atoms with Crippen LogP contribution in [0.15, 0.2) is 0 Å². The average molecular weight is 224 g/mol. The van der Waals surface area contributed by atoms with E-state index in [9.17, 15) is 13.2 Å². The highest BCUT2D eigenvalue weighted by Crippen LogP contribution is 2.21. The van der Waals surface area contributed by atoms with Crippen molar-refractivity contribution in [3.63, 3.8) is 0 Å². The van der Waals surface area contributed by atoms with E-state index < -0.39 is 11.9 Å². The van der Waals surface area contributed by atoms with E-state index in [0.29, 0.717) is 12.2 Å². The molecule has 1 atom stereocenters. The molecule has 12 heavy (non-hydrogen) atoms. The van der Waals surface area contributed by atoms with Crippen molar-refractivity contribution >= 4 is 24.2 Å². The molecule has 0 aromatic carbocycles. The molecular formula is C6H13ClF3NS. The van der Waals surface area contributed by atoms with Crippen molar-refractivity contribution in [1.29, 1.82) is 0 Å². The predicted octanol–water partition coefficient (Wildman–Crippen LogP) is 2.44. The molecule has 0 aromatic heterocycles. The van der Waals surface area contributed by atoms with Gasteiger partial charge in [0.1, 0.15) is 0 Å². The van der Waals surface area contributed by atoms with Crippen LogP contribution in [0.1, 0.15) is 13.3 Å². The molecule has 2 N–H and O–H groups in total.